The molecule has 0 unspecified atom stereocenters. The van der Waals surface area contributed by atoms with E-state index >= 15 is 0 Å². The Morgan fingerprint density at radius 2 is 1.72 bits per heavy atom. The Morgan fingerprint density at radius 3 is 2.45 bits per heavy atom. The van der Waals surface area contributed by atoms with Crippen molar-refractivity contribution in [1.82, 2.24) is 4.90 Å². The van der Waals surface area contributed by atoms with Crippen LogP contribution in [0.15, 0.2) is 64.8 Å². The van der Waals surface area contributed by atoms with Crippen molar-refractivity contribution < 1.29 is 14.3 Å². The van der Waals surface area contributed by atoms with Crippen molar-refractivity contribution >= 4 is 39.0 Å². The number of hydrogen-bond acceptors (Lipinski definition) is 4. The number of unbranched alkanes of at least 4 members (excludes halogenated alkanes) is 1. The zero-order valence-electron chi connectivity index (χ0n) is 16.5. The fourth-order valence-corrected chi connectivity index (χ4v) is 3.55. The van der Waals surface area contributed by atoms with Gasteiger partial charge >= 0.3 is 0 Å². The van der Waals surface area contributed by atoms with Gasteiger partial charge in [0.15, 0.2) is 0 Å². The summed E-state index contributed by atoms with van der Waals surface area (Å²) in [4.78, 5) is 27.5. The van der Waals surface area contributed by atoms with E-state index in [1.54, 1.807) is 0 Å². The zero-order valence-corrected chi connectivity index (χ0v) is 18.1. The minimum absolute atomic E-state index is 0.271. The summed E-state index contributed by atoms with van der Waals surface area (Å²) < 4.78 is 6.46. The highest BCUT2D eigenvalue weighted by Gasteiger charge is 2.38. The highest BCUT2D eigenvalue weighted by Crippen LogP contribution is 2.31. The molecule has 0 atom stereocenters. The summed E-state index contributed by atoms with van der Waals surface area (Å²) in [6.45, 7) is 3.69. The fourth-order valence-electron chi connectivity index (χ4n) is 3.15. The van der Waals surface area contributed by atoms with E-state index in [2.05, 4.69) is 28.2 Å². The number of imide groups is 1. The number of hydrogen-bond donors (Lipinski definition) is 1. The Morgan fingerprint density at radius 1 is 0.966 bits per heavy atom. The van der Waals surface area contributed by atoms with E-state index in [-0.39, 0.29) is 11.8 Å². The number of nitrogens with one attached hydrogen (secondary N) is 1. The monoisotopic (exact) mass is 456 g/mol. The van der Waals surface area contributed by atoms with Gasteiger partial charge in [0.1, 0.15) is 5.70 Å². The third-order valence-corrected chi connectivity index (χ3v) is 5.13. The van der Waals surface area contributed by atoms with Crippen molar-refractivity contribution in [3.63, 3.8) is 0 Å². The molecule has 0 radical (unpaired) electrons. The second-order valence-corrected chi connectivity index (χ2v) is 7.75. The van der Waals surface area contributed by atoms with Crippen LogP contribution < -0.4 is 5.32 Å². The predicted octanol–water partition coefficient (Wildman–Crippen LogP) is 4.85. The summed E-state index contributed by atoms with van der Waals surface area (Å²) in [5, 5.41) is 3.17. The summed E-state index contributed by atoms with van der Waals surface area (Å²) in [5.41, 5.74) is 2.19. The second kappa shape index (κ2) is 10.4. The normalized spacial score (nSPS) is 14.1. The molecule has 0 bridgehead atoms. The highest BCUT2D eigenvalue weighted by atomic mass is 79.9. The average Bonchev–Trinajstić information content (AvgIpc) is 2.95. The van der Waals surface area contributed by atoms with Crippen molar-refractivity contribution in [1.29, 1.82) is 0 Å². The first-order chi connectivity index (χ1) is 14.1. The Labute approximate surface area is 179 Å². The summed E-state index contributed by atoms with van der Waals surface area (Å²) in [6.07, 6.45) is 2.72. The van der Waals surface area contributed by atoms with E-state index in [0.717, 1.165) is 28.6 Å². The van der Waals surface area contributed by atoms with Gasteiger partial charge in [-0.1, -0.05) is 65.7 Å². The SMILES string of the molecule is CCCCOCCCN1C(=O)C(Nc2cccc(Br)c2)=C(c2ccccc2)C1=O. The quantitative estimate of drug-likeness (QED) is 0.410. The molecule has 1 aliphatic heterocycles. The van der Waals surface area contributed by atoms with Crippen molar-refractivity contribution in [2.24, 2.45) is 0 Å². The van der Waals surface area contributed by atoms with Gasteiger partial charge in [0.2, 0.25) is 0 Å². The lowest BCUT2D eigenvalue weighted by molar-refractivity contribution is -0.137. The van der Waals surface area contributed by atoms with Crippen LogP contribution in [0.1, 0.15) is 31.7 Å². The smallest absolute Gasteiger partial charge is 0.278 e. The molecule has 0 saturated carbocycles. The van der Waals surface area contributed by atoms with E-state index in [0.29, 0.717) is 37.4 Å². The molecule has 1 N–H and O–H groups in total. The maximum absolute atomic E-state index is 13.1. The topological polar surface area (TPSA) is 58.6 Å². The summed E-state index contributed by atoms with van der Waals surface area (Å²) in [5.74, 6) is -0.574. The molecule has 0 spiro atoms. The zero-order chi connectivity index (χ0) is 20.6. The summed E-state index contributed by atoms with van der Waals surface area (Å²) in [7, 11) is 0. The standard InChI is InChI=1S/C23H25BrN2O3/c1-2-3-14-29-15-8-13-26-22(27)20(17-9-5-4-6-10-17)21(23(26)28)25-19-12-7-11-18(24)16-19/h4-7,9-12,16,25H,2-3,8,13-15H2,1H3. The average molecular weight is 457 g/mol. The number of nitrogens with zero attached hydrogens (tertiary/aromatic N) is 1. The number of anilines is 1. The van der Waals surface area contributed by atoms with E-state index in [1.807, 2.05) is 54.6 Å². The molecule has 2 aromatic rings. The minimum Gasteiger partial charge on any atom is -0.381 e. The predicted molar refractivity (Wildman–Crippen MR) is 118 cm³/mol. The van der Waals surface area contributed by atoms with Gasteiger partial charge in [-0.25, -0.2) is 0 Å². The van der Waals surface area contributed by atoms with Gasteiger partial charge in [-0.2, -0.15) is 0 Å². The fraction of sp³-hybridized carbons (Fsp3) is 0.304. The molecule has 0 fully saturated rings. The van der Waals surface area contributed by atoms with Gasteiger partial charge in [-0.05, 0) is 36.6 Å². The number of ether oxygens (including phenoxy) is 1. The lowest BCUT2D eigenvalue weighted by Gasteiger charge is -2.15. The lowest BCUT2D eigenvalue weighted by Crippen LogP contribution is -2.34. The number of carbonyl (C=O) groups is 2. The Kier molecular flexibility index (Phi) is 7.61. The number of carbonyl (C=O) groups excluding carboxylic acids is 2. The van der Waals surface area contributed by atoms with Crippen LogP contribution in [-0.2, 0) is 14.3 Å². The highest BCUT2D eigenvalue weighted by molar-refractivity contribution is 9.10. The first-order valence-corrected chi connectivity index (χ1v) is 10.7. The minimum atomic E-state index is -0.303. The molecular weight excluding hydrogens is 432 g/mol. The summed E-state index contributed by atoms with van der Waals surface area (Å²) in [6, 6.07) is 16.8. The number of rotatable bonds is 10. The van der Waals surface area contributed by atoms with Gasteiger partial charge < -0.3 is 10.1 Å². The van der Waals surface area contributed by atoms with Crippen LogP contribution in [0.2, 0.25) is 0 Å². The molecule has 2 amide bonds. The second-order valence-electron chi connectivity index (χ2n) is 6.83. The van der Waals surface area contributed by atoms with Crippen LogP contribution >= 0.6 is 15.9 Å². The molecule has 0 saturated heterocycles. The lowest BCUT2D eigenvalue weighted by atomic mass is 10.0. The van der Waals surface area contributed by atoms with Gasteiger partial charge in [0.25, 0.3) is 11.8 Å². The van der Waals surface area contributed by atoms with Gasteiger partial charge in [0.05, 0.1) is 5.57 Å². The molecule has 152 valence electrons. The van der Waals surface area contributed by atoms with E-state index < -0.39 is 0 Å². The van der Waals surface area contributed by atoms with Crippen molar-refractivity contribution in [2.45, 2.75) is 26.2 Å². The Bertz CT molecular complexity index is 896. The molecule has 6 heteroatoms. The third-order valence-electron chi connectivity index (χ3n) is 4.64. The van der Waals surface area contributed by atoms with Gasteiger partial charge in [-0.3, -0.25) is 14.5 Å². The summed E-state index contributed by atoms with van der Waals surface area (Å²) >= 11 is 3.44. The van der Waals surface area contributed by atoms with Crippen LogP contribution in [0, 0.1) is 0 Å². The maximum Gasteiger partial charge on any atom is 0.278 e. The number of amides is 2. The third kappa shape index (κ3) is 5.34. The van der Waals surface area contributed by atoms with Crippen LogP contribution in [0.3, 0.4) is 0 Å². The molecule has 1 aliphatic rings. The van der Waals surface area contributed by atoms with Crippen LogP contribution in [-0.4, -0.2) is 36.5 Å². The molecular formula is C23H25BrN2O3. The van der Waals surface area contributed by atoms with Crippen molar-refractivity contribution in [2.75, 3.05) is 25.1 Å². The van der Waals surface area contributed by atoms with E-state index in [9.17, 15) is 9.59 Å². The molecule has 29 heavy (non-hydrogen) atoms. The molecule has 2 aromatic carbocycles. The maximum atomic E-state index is 13.1. The van der Waals surface area contributed by atoms with Crippen molar-refractivity contribution in [3.05, 3.63) is 70.3 Å². The van der Waals surface area contributed by atoms with E-state index in [4.69, 9.17) is 4.74 Å². The molecule has 3 rings (SSSR count). The first kappa shape index (κ1) is 21.3. The number of benzene rings is 2. The van der Waals surface area contributed by atoms with Gasteiger partial charge in [-0.15, -0.1) is 0 Å². The van der Waals surface area contributed by atoms with E-state index in [1.165, 1.54) is 4.90 Å². The first-order valence-electron chi connectivity index (χ1n) is 9.88. The number of halogens is 1. The van der Waals surface area contributed by atoms with Crippen LogP contribution in [0.5, 0.6) is 0 Å². The van der Waals surface area contributed by atoms with Crippen molar-refractivity contribution in [3.8, 4) is 0 Å². The Balaban J connectivity index is 1.80. The molecule has 5 nitrogen and oxygen atoms in total. The van der Waals surface area contributed by atoms with Crippen LogP contribution in [0.4, 0.5) is 5.69 Å². The molecule has 1 heterocycles. The largest absolute Gasteiger partial charge is 0.381 e. The molecule has 0 aromatic heterocycles. The Hall–Kier alpha value is -2.44. The molecule has 0 aliphatic carbocycles. The van der Waals surface area contributed by atoms with Gasteiger partial charge in [0, 0.05) is 29.9 Å². The van der Waals surface area contributed by atoms with Crippen LogP contribution in [0.25, 0.3) is 5.57 Å².